The summed E-state index contributed by atoms with van der Waals surface area (Å²) in [7, 11) is 0.403. The van der Waals surface area contributed by atoms with Crippen LogP contribution < -0.4 is 4.90 Å². The fourth-order valence-corrected chi connectivity index (χ4v) is 6.63. The molecule has 0 aliphatic carbocycles. The highest BCUT2D eigenvalue weighted by molar-refractivity contribution is 7.89. The Kier molecular flexibility index (Phi) is 7.67. The van der Waals surface area contributed by atoms with Crippen molar-refractivity contribution in [2.24, 2.45) is 0 Å². The maximum absolute atomic E-state index is 13.5. The molecule has 0 saturated carbocycles. The number of aromatic nitrogens is 1. The number of benzene rings is 2. The molecule has 2 heterocycles. The molecule has 34 heavy (non-hydrogen) atoms. The Morgan fingerprint density at radius 1 is 1.03 bits per heavy atom. The molecule has 4 rings (SSSR count). The van der Waals surface area contributed by atoms with Gasteiger partial charge < -0.3 is 4.90 Å². The summed E-state index contributed by atoms with van der Waals surface area (Å²) in [5.74, 6) is -0.182. The van der Waals surface area contributed by atoms with Crippen LogP contribution in [0, 0.1) is 0 Å². The summed E-state index contributed by atoms with van der Waals surface area (Å²) in [4.78, 5) is 22.2. The van der Waals surface area contributed by atoms with Crippen LogP contribution in [-0.4, -0.2) is 68.8 Å². The lowest BCUT2D eigenvalue weighted by molar-refractivity contribution is 0.0985. The molecule has 9 heteroatoms. The molecule has 7 nitrogen and oxygen atoms in total. The van der Waals surface area contributed by atoms with Crippen LogP contribution in [0.25, 0.3) is 10.2 Å². The zero-order chi connectivity index (χ0) is 24.3. The molecule has 0 N–H and O–H groups in total. The van der Waals surface area contributed by atoms with Gasteiger partial charge in [-0.15, -0.1) is 0 Å². The number of hydrogen-bond donors (Lipinski definition) is 0. The Morgan fingerprint density at radius 2 is 1.74 bits per heavy atom. The average Bonchev–Trinajstić information content (AvgIpc) is 3.27. The van der Waals surface area contributed by atoms with Crippen LogP contribution in [0.2, 0.25) is 0 Å². The fourth-order valence-electron chi connectivity index (χ4n) is 4.06. The Hall–Kier alpha value is -2.33. The number of aryl methyl sites for hydroxylation is 1. The van der Waals surface area contributed by atoms with Crippen molar-refractivity contribution >= 4 is 42.6 Å². The van der Waals surface area contributed by atoms with Gasteiger partial charge in [-0.2, -0.15) is 4.31 Å². The highest BCUT2D eigenvalue weighted by atomic mass is 32.2. The monoisotopic (exact) mass is 500 g/mol. The molecule has 0 bridgehead atoms. The third-order valence-electron chi connectivity index (χ3n) is 6.15. The third-order valence-corrected chi connectivity index (χ3v) is 9.10. The minimum Gasteiger partial charge on any atom is -0.308 e. The van der Waals surface area contributed by atoms with Gasteiger partial charge in [-0.1, -0.05) is 30.7 Å². The first-order valence-corrected chi connectivity index (χ1v) is 14.0. The van der Waals surface area contributed by atoms with Gasteiger partial charge in [-0.3, -0.25) is 9.69 Å². The van der Waals surface area contributed by atoms with E-state index in [4.69, 9.17) is 4.98 Å². The van der Waals surface area contributed by atoms with Crippen molar-refractivity contribution in [3.63, 3.8) is 0 Å². The predicted octanol–water partition coefficient (Wildman–Crippen LogP) is 4.24. The van der Waals surface area contributed by atoms with Crippen molar-refractivity contribution < 1.29 is 13.2 Å². The molecule has 2 aromatic carbocycles. The SMILES string of the molecule is CCc1ccc2nc(N(CCN(C)C)C(=O)c3ccc(S(=O)(=O)N4CCCCC4)cc3)sc2c1. The van der Waals surface area contributed by atoms with Crippen LogP contribution in [-0.2, 0) is 16.4 Å². The van der Waals surface area contributed by atoms with Gasteiger partial charge in [0.1, 0.15) is 0 Å². The van der Waals surface area contributed by atoms with Crippen LogP contribution in [0.5, 0.6) is 0 Å². The maximum atomic E-state index is 13.5. The second kappa shape index (κ2) is 10.5. The number of fused-ring (bicyclic) bond motifs is 1. The van der Waals surface area contributed by atoms with Gasteiger partial charge in [-0.05, 0) is 75.3 Å². The van der Waals surface area contributed by atoms with E-state index in [1.807, 2.05) is 25.1 Å². The second-order valence-electron chi connectivity index (χ2n) is 8.90. The van der Waals surface area contributed by atoms with Gasteiger partial charge in [-0.25, -0.2) is 13.4 Å². The average molecular weight is 501 g/mol. The van der Waals surface area contributed by atoms with Crippen molar-refractivity contribution in [2.45, 2.75) is 37.5 Å². The molecule has 0 radical (unpaired) electrons. The van der Waals surface area contributed by atoms with Crippen molar-refractivity contribution in [2.75, 3.05) is 45.2 Å². The van der Waals surface area contributed by atoms with E-state index >= 15 is 0 Å². The van der Waals surface area contributed by atoms with Crippen molar-refractivity contribution in [1.82, 2.24) is 14.2 Å². The highest BCUT2D eigenvalue weighted by Gasteiger charge is 2.27. The number of likely N-dealkylation sites (N-methyl/N-ethyl adjacent to an activating group) is 1. The number of anilines is 1. The molecule has 1 aliphatic heterocycles. The summed E-state index contributed by atoms with van der Waals surface area (Å²) in [5, 5.41) is 0.653. The molecular weight excluding hydrogens is 468 g/mol. The molecule has 3 aromatic rings. The first-order chi connectivity index (χ1) is 16.3. The van der Waals surface area contributed by atoms with E-state index in [-0.39, 0.29) is 10.8 Å². The minimum atomic E-state index is -3.53. The smallest absolute Gasteiger partial charge is 0.260 e. The number of rotatable bonds is 8. The molecular formula is C25H32N4O3S2. The zero-order valence-corrected chi connectivity index (χ0v) is 21.7. The van der Waals surface area contributed by atoms with E-state index in [1.165, 1.54) is 16.9 Å². The van der Waals surface area contributed by atoms with Crippen molar-refractivity contribution in [3.8, 4) is 0 Å². The van der Waals surface area contributed by atoms with Gasteiger partial charge in [0.05, 0.1) is 15.1 Å². The van der Waals surface area contributed by atoms with Crippen molar-refractivity contribution in [1.29, 1.82) is 0 Å². The van der Waals surface area contributed by atoms with Crippen LogP contribution >= 0.6 is 11.3 Å². The number of amides is 1. The quantitative estimate of drug-likeness (QED) is 0.463. The molecule has 1 aliphatic rings. The third kappa shape index (κ3) is 5.33. The second-order valence-corrected chi connectivity index (χ2v) is 11.8. The topological polar surface area (TPSA) is 73.8 Å². The van der Waals surface area contributed by atoms with Gasteiger partial charge in [0.2, 0.25) is 10.0 Å². The van der Waals surface area contributed by atoms with Crippen LogP contribution in [0.3, 0.4) is 0 Å². The summed E-state index contributed by atoms with van der Waals surface area (Å²) >= 11 is 1.51. The Bertz CT molecular complexity index is 1250. The number of piperidine rings is 1. The normalized spacial score (nSPS) is 15.2. The molecule has 0 unspecified atom stereocenters. The van der Waals surface area contributed by atoms with Gasteiger partial charge in [0.25, 0.3) is 5.91 Å². The standard InChI is InChI=1S/C25H32N4O3S2/c1-4-19-8-13-22-23(18-19)33-25(26-22)29(17-16-27(2)3)24(30)20-9-11-21(12-10-20)34(31,32)28-14-6-5-7-15-28/h8-13,18H,4-7,14-17H2,1-3H3. The van der Waals surface area contributed by atoms with E-state index in [9.17, 15) is 13.2 Å². The van der Waals surface area contributed by atoms with Crippen LogP contribution in [0.15, 0.2) is 47.4 Å². The van der Waals surface area contributed by atoms with E-state index in [0.29, 0.717) is 36.9 Å². The summed E-state index contributed by atoms with van der Waals surface area (Å²) in [5.41, 5.74) is 2.56. The minimum absolute atomic E-state index is 0.182. The lowest BCUT2D eigenvalue weighted by atomic mass is 10.2. The number of thiazole rings is 1. The van der Waals surface area contributed by atoms with E-state index < -0.39 is 10.0 Å². The largest absolute Gasteiger partial charge is 0.308 e. The lowest BCUT2D eigenvalue weighted by Crippen LogP contribution is -2.37. The molecule has 1 amide bonds. The number of carbonyl (C=O) groups excluding carboxylic acids is 1. The predicted molar refractivity (Wildman–Crippen MR) is 138 cm³/mol. The summed E-state index contributed by atoms with van der Waals surface area (Å²) in [6.45, 7) is 4.39. The summed E-state index contributed by atoms with van der Waals surface area (Å²) in [6, 6.07) is 12.5. The van der Waals surface area contributed by atoms with E-state index in [1.54, 1.807) is 33.5 Å². The van der Waals surface area contributed by atoms with Crippen LogP contribution in [0.4, 0.5) is 5.13 Å². The fraction of sp³-hybridized carbons (Fsp3) is 0.440. The summed E-state index contributed by atoms with van der Waals surface area (Å²) < 4.78 is 28.5. The van der Waals surface area contributed by atoms with Gasteiger partial charge >= 0.3 is 0 Å². The Labute approximate surface area is 206 Å². The molecule has 1 aromatic heterocycles. The molecule has 0 spiro atoms. The number of nitrogens with zero attached hydrogens (tertiary/aromatic N) is 4. The van der Waals surface area contributed by atoms with Crippen LogP contribution in [0.1, 0.15) is 42.1 Å². The van der Waals surface area contributed by atoms with Gasteiger partial charge in [0.15, 0.2) is 5.13 Å². The maximum Gasteiger partial charge on any atom is 0.260 e. The first-order valence-electron chi connectivity index (χ1n) is 11.8. The van der Waals surface area contributed by atoms with Gasteiger partial charge in [0, 0.05) is 31.7 Å². The molecule has 1 saturated heterocycles. The Balaban J connectivity index is 1.61. The molecule has 0 atom stereocenters. The zero-order valence-electron chi connectivity index (χ0n) is 20.0. The number of hydrogen-bond acceptors (Lipinski definition) is 6. The molecule has 182 valence electrons. The van der Waals surface area contributed by atoms with E-state index in [0.717, 1.165) is 35.9 Å². The number of sulfonamides is 1. The highest BCUT2D eigenvalue weighted by Crippen LogP contribution is 2.31. The number of carbonyl (C=O) groups is 1. The first kappa shape index (κ1) is 24.8. The Morgan fingerprint density at radius 3 is 2.38 bits per heavy atom. The van der Waals surface area contributed by atoms with Crippen molar-refractivity contribution in [3.05, 3.63) is 53.6 Å². The summed E-state index contributed by atoms with van der Waals surface area (Å²) in [6.07, 6.45) is 3.78. The molecule has 1 fully saturated rings. The lowest BCUT2D eigenvalue weighted by Gasteiger charge is -2.26. The van der Waals surface area contributed by atoms with E-state index in [2.05, 4.69) is 19.1 Å².